The van der Waals surface area contributed by atoms with E-state index in [2.05, 4.69) is 5.32 Å². The largest absolute Gasteiger partial charge is 0.480 e. The lowest BCUT2D eigenvalue weighted by Gasteiger charge is -2.17. The third kappa shape index (κ3) is 3.71. The van der Waals surface area contributed by atoms with Gasteiger partial charge in [-0.25, -0.2) is 4.79 Å². The second kappa shape index (κ2) is 7.28. The van der Waals surface area contributed by atoms with Crippen LogP contribution in [0.15, 0.2) is 30.5 Å². The van der Waals surface area contributed by atoms with Gasteiger partial charge >= 0.3 is 5.97 Å². The van der Waals surface area contributed by atoms with Crippen LogP contribution < -0.4 is 5.32 Å². The Kier molecular flexibility index (Phi) is 5.39. The molecule has 0 aliphatic rings. The summed E-state index contributed by atoms with van der Waals surface area (Å²) in [7, 11) is 1.62. The van der Waals surface area contributed by atoms with Crippen molar-refractivity contribution in [3.63, 3.8) is 0 Å². The monoisotopic (exact) mass is 318 g/mol. The number of carboxylic acids is 1. The fourth-order valence-corrected chi connectivity index (χ4v) is 2.53. The summed E-state index contributed by atoms with van der Waals surface area (Å²) in [5.41, 5.74) is 1.40. The van der Waals surface area contributed by atoms with E-state index in [1.807, 2.05) is 28.8 Å². The van der Waals surface area contributed by atoms with Gasteiger partial charge in [-0.05, 0) is 12.0 Å². The number of hydrogen-bond donors (Lipinski definition) is 2. The van der Waals surface area contributed by atoms with Crippen LogP contribution in [0.25, 0.3) is 10.9 Å². The number of carbonyl (C=O) groups is 2. The van der Waals surface area contributed by atoms with E-state index in [4.69, 9.17) is 4.74 Å². The summed E-state index contributed by atoms with van der Waals surface area (Å²) in [6.45, 7) is 4.68. The Morgan fingerprint density at radius 1 is 1.30 bits per heavy atom. The summed E-state index contributed by atoms with van der Waals surface area (Å²) in [4.78, 5) is 23.8. The minimum Gasteiger partial charge on any atom is -0.480 e. The number of hydrogen-bond acceptors (Lipinski definition) is 3. The van der Waals surface area contributed by atoms with Gasteiger partial charge in [0.2, 0.25) is 0 Å². The van der Waals surface area contributed by atoms with Crippen molar-refractivity contribution in [2.24, 2.45) is 5.92 Å². The third-order valence-corrected chi connectivity index (χ3v) is 3.79. The second-order valence-corrected chi connectivity index (χ2v) is 5.78. The summed E-state index contributed by atoms with van der Waals surface area (Å²) >= 11 is 0. The highest BCUT2D eigenvalue weighted by atomic mass is 16.5. The number of nitrogens with zero attached hydrogens (tertiary/aromatic N) is 1. The minimum absolute atomic E-state index is 0.196. The molecule has 1 aromatic heterocycles. The fraction of sp³-hybridized carbons (Fsp3) is 0.412. The van der Waals surface area contributed by atoms with E-state index in [0.717, 1.165) is 10.9 Å². The molecule has 0 saturated carbocycles. The molecule has 0 fully saturated rings. The molecule has 2 rings (SSSR count). The molecule has 0 aliphatic carbocycles. The first-order chi connectivity index (χ1) is 11.0. The van der Waals surface area contributed by atoms with Gasteiger partial charge in [-0.1, -0.05) is 32.0 Å². The Balaban J connectivity index is 2.35. The standard InChI is InChI=1S/C17H22N2O4/c1-11(2)15(17(21)22)18-16(20)13-10-19(8-9-23-3)14-7-5-4-6-12(13)14/h4-7,10-11,15H,8-9H2,1-3H3,(H,18,20)(H,21,22)/t15-/m1/s1. The molecular weight excluding hydrogens is 296 g/mol. The van der Waals surface area contributed by atoms with Crippen molar-refractivity contribution in [1.29, 1.82) is 0 Å². The number of amides is 1. The van der Waals surface area contributed by atoms with Gasteiger partial charge in [0.25, 0.3) is 5.91 Å². The van der Waals surface area contributed by atoms with Gasteiger partial charge in [0, 0.05) is 30.8 Å². The zero-order valence-electron chi connectivity index (χ0n) is 13.6. The number of carboxylic acid groups (broad SMARTS) is 1. The molecule has 2 N–H and O–H groups in total. The molecule has 0 bridgehead atoms. The highest BCUT2D eigenvalue weighted by Gasteiger charge is 2.25. The lowest BCUT2D eigenvalue weighted by atomic mass is 10.0. The Morgan fingerprint density at radius 2 is 2.00 bits per heavy atom. The zero-order chi connectivity index (χ0) is 17.0. The highest BCUT2D eigenvalue weighted by Crippen LogP contribution is 2.21. The summed E-state index contributed by atoms with van der Waals surface area (Å²) in [6.07, 6.45) is 1.75. The van der Waals surface area contributed by atoms with Crippen molar-refractivity contribution in [1.82, 2.24) is 9.88 Å². The van der Waals surface area contributed by atoms with Gasteiger partial charge in [0.15, 0.2) is 0 Å². The molecule has 23 heavy (non-hydrogen) atoms. The summed E-state index contributed by atoms with van der Waals surface area (Å²) in [5, 5.41) is 12.6. The second-order valence-electron chi connectivity index (χ2n) is 5.78. The maximum Gasteiger partial charge on any atom is 0.326 e. The van der Waals surface area contributed by atoms with Gasteiger partial charge in [0.1, 0.15) is 6.04 Å². The topological polar surface area (TPSA) is 80.6 Å². The van der Waals surface area contributed by atoms with Gasteiger partial charge < -0.3 is 19.7 Å². The van der Waals surface area contributed by atoms with Crippen molar-refractivity contribution in [2.75, 3.05) is 13.7 Å². The van der Waals surface area contributed by atoms with Crippen LogP contribution in [0, 0.1) is 5.92 Å². The Bertz CT molecular complexity index is 706. The highest BCUT2D eigenvalue weighted by molar-refractivity contribution is 6.07. The van der Waals surface area contributed by atoms with Crippen molar-refractivity contribution in [2.45, 2.75) is 26.4 Å². The molecule has 1 amide bonds. The number of nitrogens with one attached hydrogen (secondary N) is 1. The van der Waals surface area contributed by atoms with E-state index in [0.29, 0.717) is 18.7 Å². The fourth-order valence-electron chi connectivity index (χ4n) is 2.53. The molecule has 1 atom stereocenters. The number of para-hydroxylation sites is 1. The number of carbonyl (C=O) groups excluding carboxylic acids is 1. The van der Waals surface area contributed by atoms with E-state index in [1.54, 1.807) is 27.2 Å². The van der Waals surface area contributed by atoms with E-state index < -0.39 is 12.0 Å². The first kappa shape index (κ1) is 17.0. The van der Waals surface area contributed by atoms with Crippen molar-refractivity contribution < 1.29 is 19.4 Å². The molecule has 1 aromatic carbocycles. The van der Waals surface area contributed by atoms with Crippen LogP contribution in [-0.4, -0.2) is 41.3 Å². The maximum atomic E-state index is 12.5. The summed E-state index contributed by atoms with van der Waals surface area (Å²) in [6, 6.07) is 6.64. The Morgan fingerprint density at radius 3 is 2.61 bits per heavy atom. The Hall–Kier alpha value is -2.34. The van der Waals surface area contributed by atoms with Gasteiger partial charge in [-0.2, -0.15) is 0 Å². The van der Waals surface area contributed by atoms with E-state index in [-0.39, 0.29) is 11.8 Å². The molecule has 2 aromatic rings. The first-order valence-electron chi connectivity index (χ1n) is 7.56. The van der Waals surface area contributed by atoms with Crippen molar-refractivity contribution in [3.8, 4) is 0 Å². The quantitative estimate of drug-likeness (QED) is 0.819. The molecule has 0 saturated heterocycles. The van der Waals surface area contributed by atoms with Gasteiger partial charge in [0.05, 0.1) is 12.2 Å². The molecule has 6 nitrogen and oxygen atoms in total. The van der Waals surface area contributed by atoms with Crippen molar-refractivity contribution >= 4 is 22.8 Å². The van der Waals surface area contributed by atoms with Crippen LogP contribution >= 0.6 is 0 Å². The van der Waals surface area contributed by atoms with Crippen LogP contribution in [0.4, 0.5) is 0 Å². The van der Waals surface area contributed by atoms with Crippen LogP contribution in [0.3, 0.4) is 0 Å². The summed E-state index contributed by atoms with van der Waals surface area (Å²) in [5.74, 6) is -1.60. The number of benzene rings is 1. The van der Waals surface area contributed by atoms with Crippen LogP contribution in [0.2, 0.25) is 0 Å². The third-order valence-electron chi connectivity index (χ3n) is 3.79. The predicted octanol–water partition coefficient (Wildman–Crippen LogP) is 2.13. The van der Waals surface area contributed by atoms with Gasteiger partial charge in [-0.15, -0.1) is 0 Å². The molecule has 0 unspecified atom stereocenters. The molecule has 6 heteroatoms. The number of aromatic nitrogens is 1. The van der Waals surface area contributed by atoms with E-state index in [1.165, 1.54) is 0 Å². The Labute approximate surface area is 135 Å². The number of rotatable bonds is 7. The molecule has 1 heterocycles. The SMILES string of the molecule is COCCn1cc(C(=O)N[C@@H](C(=O)O)C(C)C)c2ccccc21. The van der Waals surface area contributed by atoms with E-state index in [9.17, 15) is 14.7 Å². The lowest BCUT2D eigenvalue weighted by molar-refractivity contribution is -0.140. The average molecular weight is 318 g/mol. The molecule has 0 radical (unpaired) electrons. The average Bonchev–Trinajstić information content (AvgIpc) is 2.88. The molecule has 0 spiro atoms. The summed E-state index contributed by atoms with van der Waals surface area (Å²) < 4.78 is 7.04. The molecule has 124 valence electrons. The normalized spacial score (nSPS) is 12.5. The smallest absolute Gasteiger partial charge is 0.326 e. The molecular formula is C17H22N2O4. The number of methoxy groups -OCH3 is 1. The van der Waals surface area contributed by atoms with Crippen LogP contribution in [-0.2, 0) is 16.1 Å². The number of ether oxygens (including phenoxy) is 1. The maximum absolute atomic E-state index is 12.5. The lowest BCUT2D eigenvalue weighted by Crippen LogP contribution is -2.44. The molecule has 0 aliphatic heterocycles. The van der Waals surface area contributed by atoms with Crippen LogP contribution in [0.1, 0.15) is 24.2 Å². The van der Waals surface area contributed by atoms with Crippen LogP contribution in [0.5, 0.6) is 0 Å². The zero-order valence-corrected chi connectivity index (χ0v) is 13.6. The minimum atomic E-state index is -1.03. The number of aliphatic carboxylic acids is 1. The van der Waals surface area contributed by atoms with Gasteiger partial charge in [-0.3, -0.25) is 4.79 Å². The van der Waals surface area contributed by atoms with Crippen molar-refractivity contribution in [3.05, 3.63) is 36.0 Å². The predicted molar refractivity (Wildman–Crippen MR) is 87.5 cm³/mol. The first-order valence-corrected chi connectivity index (χ1v) is 7.56. The number of fused-ring (bicyclic) bond motifs is 1. The van der Waals surface area contributed by atoms with E-state index >= 15 is 0 Å².